The van der Waals surface area contributed by atoms with E-state index in [1.54, 1.807) is 0 Å². The normalized spacial score (nSPS) is 14.3. The zero-order valence-electron chi connectivity index (χ0n) is 32.9. The number of aliphatic hydroxyl groups is 1. The van der Waals surface area contributed by atoms with Crippen LogP contribution < -0.4 is 5.32 Å². The van der Waals surface area contributed by atoms with E-state index in [0.717, 1.165) is 83.5 Å². The molecule has 2 unspecified atom stereocenters. The smallest absolute Gasteiger partial charge is 0.463 e. The Kier molecular flexibility index (Phi) is 36.8. The van der Waals surface area contributed by atoms with E-state index in [2.05, 4.69) is 98.2 Å². The van der Waals surface area contributed by atoms with E-state index in [1.165, 1.54) is 25.7 Å². The number of esters is 1. The Morgan fingerprint density at radius 3 is 1.66 bits per heavy atom. The SMILES string of the molecule is CC/C=C\C/C=C\C/C=C\CCCCCCCC(=O)NCCOP(=O)(O)OCC(O)COC(=O)CCC/C=C\C/C=C\C/C=C\C/C=C\CCCCC. The van der Waals surface area contributed by atoms with Crippen molar-refractivity contribution in [2.75, 3.05) is 26.4 Å². The Hall–Kier alpha value is -2.81. The number of carbonyl (C=O) groups is 2. The molecule has 0 aliphatic heterocycles. The predicted molar refractivity (Wildman–Crippen MR) is 219 cm³/mol. The minimum atomic E-state index is -4.44. The predicted octanol–water partition coefficient (Wildman–Crippen LogP) is 10.9. The van der Waals surface area contributed by atoms with Crippen LogP contribution >= 0.6 is 7.82 Å². The van der Waals surface area contributed by atoms with Crippen molar-refractivity contribution in [3.63, 3.8) is 0 Å². The third kappa shape index (κ3) is 40.2. The molecule has 10 heteroatoms. The zero-order chi connectivity index (χ0) is 38.9. The second-order valence-corrected chi connectivity index (χ2v) is 14.3. The van der Waals surface area contributed by atoms with E-state index in [0.29, 0.717) is 12.8 Å². The summed E-state index contributed by atoms with van der Waals surface area (Å²) in [7, 11) is -4.44. The summed E-state index contributed by atoms with van der Waals surface area (Å²) >= 11 is 0. The van der Waals surface area contributed by atoms with Gasteiger partial charge in [-0.3, -0.25) is 18.6 Å². The monoisotopic (exact) mass is 761 g/mol. The van der Waals surface area contributed by atoms with E-state index >= 15 is 0 Å². The van der Waals surface area contributed by atoms with Gasteiger partial charge in [0, 0.05) is 19.4 Å². The van der Waals surface area contributed by atoms with Gasteiger partial charge in [0.05, 0.1) is 13.2 Å². The molecule has 53 heavy (non-hydrogen) atoms. The van der Waals surface area contributed by atoms with Crippen molar-refractivity contribution in [2.24, 2.45) is 0 Å². The van der Waals surface area contributed by atoms with Gasteiger partial charge in [0.1, 0.15) is 12.7 Å². The highest BCUT2D eigenvalue weighted by atomic mass is 31.2. The third-order valence-corrected chi connectivity index (χ3v) is 8.79. The molecule has 0 radical (unpaired) electrons. The van der Waals surface area contributed by atoms with E-state index in [-0.39, 0.29) is 32.1 Å². The lowest BCUT2D eigenvalue weighted by atomic mass is 10.1. The summed E-state index contributed by atoms with van der Waals surface area (Å²) in [5.41, 5.74) is 0. The van der Waals surface area contributed by atoms with E-state index < -0.39 is 26.5 Å². The van der Waals surface area contributed by atoms with Gasteiger partial charge in [-0.25, -0.2) is 4.57 Å². The summed E-state index contributed by atoms with van der Waals surface area (Å²) in [5, 5.41) is 12.6. The molecule has 0 bridgehead atoms. The first-order chi connectivity index (χ1) is 25.8. The maximum atomic E-state index is 12.1. The Morgan fingerprint density at radius 1 is 0.604 bits per heavy atom. The molecule has 0 aliphatic rings. The first kappa shape index (κ1) is 50.2. The Balaban J connectivity index is 3.74. The lowest BCUT2D eigenvalue weighted by Crippen LogP contribution is -2.27. The molecule has 0 spiro atoms. The highest BCUT2D eigenvalue weighted by Gasteiger charge is 2.23. The second kappa shape index (κ2) is 38.9. The average molecular weight is 762 g/mol. The topological polar surface area (TPSA) is 131 Å². The lowest BCUT2D eigenvalue weighted by Gasteiger charge is -2.15. The fraction of sp³-hybridized carbons (Fsp3) is 0.628. The van der Waals surface area contributed by atoms with Gasteiger partial charge in [0.15, 0.2) is 0 Å². The maximum Gasteiger partial charge on any atom is 0.472 e. The van der Waals surface area contributed by atoms with E-state index in [1.807, 2.05) is 6.08 Å². The number of aliphatic hydroxyl groups excluding tert-OH is 1. The molecule has 0 aromatic rings. The lowest BCUT2D eigenvalue weighted by molar-refractivity contribution is -0.147. The van der Waals surface area contributed by atoms with Crippen molar-refractivity contribution in [2.45, 2.75) is 148 Å². The van der Waals surface area contributed by atoms with Crippen LogP contribution in [0.25, 0.3) is 0 Å². The molecule has 0 fully saturated rings. The van der Waals surface area contributed by atoms with Crippen molar-refractivity contribution in [1.29, 1.82) is 0 Å². The van der Waals surface area contributed by atoms with Crippen LogP contribution in [-0.4, -0.2) is 54.3 Å². The maximum absolute atomic E-state index is 12.1. The second-order valence-electron chi connectivity index (χ2n) is 12.9. The number of unbranched alkanes of at least 4 members (excludes halogenated alkanes) is 9. The fourth-order valence-corrected chi connectivity index (χ4v) is 5.55. The van der Waals surface area contributed by atoms with Gasteiger partial charge < -0.3 is 20.1 Å². The number of carbonyl (C=O) groups excluding carboxylic acids is 2. The number of nitrogens with one attached hydrogen (secondary N) is 1. The summed E-state index contributed by atoms with van der Waals surface area (Å²) in [5.74, 6) is -0.600. The third-order valence-electron chi connectivity index (χ3n) is 7.81. The summed E-state index contributed by atoms with van der Waals surface area (Å²) < 4.78 is 26.8. The van der Waals surface area contributed by atoms with Gasteiger partial charge in [-0.2, -0.15) is 0 Å². The number of phosphoric ester groups is 1. The molecule has 0 aliphatic carbocycles. The van der Waals surface area contributed by atoms with Crippen LogP contribution in [0.5, 0.6) is 0 Å². The molecule has 0 heterocycles. The molecular formula is C43H72NO8P. The number of allylic oxidation sites excluding steroid dienone is 14. The first-order valence-electron chi connectivity index (χ1n) is 20.1. The molecule has 0 saturated heterocycles. The van der Waals surface area contributed by atoms with Crippen LogP contribution in [0.1, 0.15) is 142 Å². The minimum absolute atomic E-state index is 0.0604. The van der Waals surface area contributed by atoms with Gasteiger partial charge in [0.25, 0.3) is 0 Å². The molecule has 0 rings (SSSR count). The van der Waals surface area contributed by atoms with Crippen molar-refractivity contribution >= 4 is 19.7 Å². The van der Waals surface area contributed by atoms with Crippen LogP contribution in [0.15, 0.2) is 85.1 Å². The molecular weight excluding hydrogens is 689 g/mol. The van der Waals surface area contributed by atoms with Crippen LogP contribution in [-0.2, 0) is 27.9 Å². The van der Waals surface area contributed by atoms with Gasteiger partial charge >= 0.3 is 13.8 Å². The van der Waals surface area contributed by atoms with Crippen LogP contribution in [0.2, 0.25) is 0 Å². The van der Waals surface area contributed by atoms with Crippen molar-refractivity contribution in [3.8, 4) is 0 Å². The number of amides is 1. The molecule has 302 valence electrons. The highest BCUT2D eigenvalue weighted by Crippen LogP contribution is 2.42. The number of ether oxygens (including phenoxy) is 1. The van der Waals surface area contributed by atoms with E-state index in [9.17, 15) is 24.2 Å². The minimum Gasteiger partial charge on any atom is -0.463 e. The summed E-state index contributed by atoms with van der Waals surface area (Å²) in [6, 6.07) is 0. The molecule has 9 nitrogen and oxygen atoms in total. The number of rotatable bonds is 36. The van der Waals surface area contributed by atoms with E-state index in [4.69, 9.17) is 13.8 Å². The van der Waals surface area contributed by atoms with Crippen molar-refractivity contribution < 1.29 is 37.9 Å². The first-order valence-corrected chi connectivity index (χ1v) is 21.6. The molecule has 0 aromatic heterocycles. The fourth-order valence-electron chi connectivity index (χ4n) is 4.80. The van der Waals surface area contributed by atoms with Gasteiger partial charge in [0.2, 0.25) is 5.91 Å². The van der Waals surface area contributed by atoms with Crippen LogP contribution in [0, 0.1) is 0 Å². The van der Waals surface area contributed by atoms with Crippen molar-refractivity contribution in [1.82, 2.24) is 5.32 Å². The van der Waals surface area contributed by atoms with Gasteiger partial charge in [-0.05, 0) is 83.5 Å². The van der Waals surface area contributed by atoms with Gasteiger partial charge in [-0.15, -0.1) is 0 Å². The standard InChI is InChI=1S/C43H72NO8P/c1-3-5-7-9-11-13-15-17-19-20-22-24-26-28-30-32-34-36-43(47)50-39-41(45)40-52-53(48,49)51-38-37-44-42(46)35-33-31-29-27-25-23-21-18-16-14-12-10-8-6-4-2/h6,8,11-14,17-19,21-22,24,28,30,41,45H,3-5,7,9-10,15-16,20,23,25-27,29,31-40H2,1-2H3,(H,44,46)(H,48,49)/b8-6-,13-11-,14-12-,19-17-,21-18-,24-22-,30-28-. The number of hydrogen-bond donors (Lipinski definition) is 3. The molecule has 0 aromatic carbocycles. The Morgan fingerprint density at radius 2 is 1.09 bits per heavy atom. The van der Waals surface area contributed by atoms with Crippen LogP contribution in [0.4, 0.5) is 0 Å². The average Bonchev–Trinajstić information content (AvgIpc) is 3.14. The molecule has 3 N–H and O–H groups in total. The Bertz CT molecular complexity index is 1140. The number of phosphoric acid groups is 1. The van der Waals surface area contributed by atoms with Crippen molar-refractivity contribution in [3.05, 3.63) is 85.1 Å². The quantitative estimate of drug-likeness (QED) is 0.0249. The van der Waals surface area contributed by atoms with Gasteiger partial charge in [-0.1, -0.05) is 131 Å². The molecule has 2 atom stereocenters. The molecule has 0 saturated carbocycles. The summed E-state index contributed by atoms with van der Waals surface area (Å²) in [4.78, 5) is 33.8. The molecule has 1 amide bonds. The largest absolute Gasteiger partial charge is 0.472 e. The zero-order valence-corrected chi connectivity index (χ0v) is 33.8. The Labute approximate surface area is 322 Å². The summed E-state index contributed by atoms with van der Waals surface area (Å²) in [6.07, 6.45) is 48.0. The highest BCUT2D eigenvalue weighted by molar-refractivity contribution is 7.47. The number of hydrogen-bond acceptors (Lipinski definition) is 7. The summed E-state index contributed by atoms with van der Waals surface area (Å²) in [6.45, 7) is 3.30. The van der Waals surface area contributed by atoms with Crippen LogP contribution in [0.3, 0.4) is 0 Å².